The quantitative estimate of drug-likeness (QED) is 0.821. The number of benzene rings is 1. The first-order chi connectivity index (χ1) is 7.85. The van der Waals surface area contributed by atoms with E-state index in [-0.39, 0.29) is 0 Å². The maximum absolute atomic E-state index is 5.96. The Morgan fingerprint density at radius 1 is 1.19 bits per heavy atom. The zero-order valence-corrected chi connectivity index (χ0v) is 10.3. The summed E-state index contributed by atoms with van der Waals surface area (Å²) in [5.74, 6) is 1.42. The normalized spacial score (nSPS) is 18.9. The van der Waals surface area contributed by atoms with Gasteiger partial charge in [-0.15, -0.1) is 0 Å². The molecule has 2 N–H and O–H groups in total. The SMILES string of the molecule is CCc1ccc(C(CN)C2CCCC2)cc1. The molecule has 1 atom stereocenters. The Kier molecular flexibility index (Phi) is 4.00. The summed E-state index contributed by atoms with van der Waals surface area (Å²) >= 11 is 0. The summed E-state index contributed by atoms with van der Waals surface area (Å²) in [6, 6.07) is 9.09. The summed E-state index contributed by atoms with van der Waals surface area (Å²) in [4.78, 5) is 0. The van der Waals surface area contributed by atoms with Crippen LogP contribution in [0.25, 0.3) is 0 Å². The average Bonchev–Trinajstić information content (AvgIpc) is 2.85. The van der Waals surface area contributed by atoms with Gasteiger partial charge in [0.1, 0.15) is 0 Å². The van der Waals surface area contributed by atoms with Gasteiger partial charge in [-0.05, 0) is 48.8 Å². The molecule has 1 nitrogen and oxygen atoms in total. The van der Waals surface area contributed by atoms with E-state index in [0.29, 0.717) is 5.92 Å². The zero-order chi connectivity index (χ0) is 11.4. The van der Waals surface area contributed by atoms with E-state index >= 15 is 0 Å². The first kappa shape index (κ1) is 11.7. The fourth-order valence-corrected chi connectivity index (χ4v) is 2.96. The van der Waals surface area contributed by atoms with Crippen molar-refractivity contribution in [2.24, 2.45) is 11.7 Å². The van der Waals surface area contributed by atoms with Gasteiger partial charge in [0, 0.05) is 0 Å². The van der Waals surface area contributed by atoms with Crippen molar-refractivity contribution in [2.45, 2.75) is 44.9 Å². The highest BCUT2D eigenvalue weighted by molar-refractivity contribution is 5.26. The van der Waals surface area contributed by atoms with Crippen LogP contribution in [0.3, 0.4) is 0 Å². The van der Waals surface area contributed by atoms with Crippen LogP contribution in [0.15, 0.2) is 24.3 Å². The lowest BCUT2D eigenvalue weighted by Crippen LogP contribution is -2.19. The second kappa shape index (κ2) is 5.49. The molecule has 0 radical (unpaired) electrons. The molecular formula is C15H23N. The van der Waals surface area contributed by atoms with Crippen LogP contribution in [0.1, 0.15) is 49.7 Å². The van der Waals surface area contributed by atoms with Crippen LogP contribution in [0, 0.1) is 5.92 Å². The lowest BCUT2D eigenvalue weighted by atomic mass is 9.84. The maximum Gasteiger partial charge on any atom is -0.000556 e. The van der Waals surface area contributed by atoms with Crippen LogP contribution in [0.5, 0.6) is 0 Å². The highest BCUT2D eigenvalue weighted by Crippen LogP contribution is 2.36. The molecule has 1 aromatic carbocycles. The predicted molar refractivity (Wildman–Crippen MR) is 69.6 cm³/mol. The molecule has 1 aliphatic rings. The van der Waals surface area contributed by atoms with E-state index in [0.717, 1.165) is 18.9 Å². The summed E-state index contributed by atoms with van der Waals surface area (Å²) in [6.45, 7) is 3.00. The highest BCUT2D eigenvalue weighted by Gasteiger charge is 2.24. The molecule has 0 aromatic heterocycles. The van der Waals surface area contributed by atoms with Gasteiger partial charge in [0.2, 0.25) is 0 Å². The monoisotopic (exact) mass is 217 g/mol. The van der Waals surface area contributed by atoms with E-state index in [2.05, 4.69) is 31.2 Å². The number of hydrogen-bond donors (Lipinski definition) is 1. The van der Waals surface area contributed by atoms with E-state index in [1.807, 2.05) is 0 Å². The van der Waals surface area contributed by atoms with Crippen LogP contribution in [-0.4, -0.2) is 6.54 Å². The molecule has 2 rings (SSSR count). The number of nitrogens with two attached hydrogens (primary N) is 1. The van der Waals surface area contributed by atoms with Crippen molar-refractivity contribution in [3.8, 4) is 0 Å². The van der Waals surface area contributed by atoms with E-state index in [1.54, 1.807) is 0 Å². The molecular weight excluding hydrogens is 194 g/mol. The Morgan fingerprint density at radius 2 is 1.81 bits per heavy atom. The van der Waals surface area contributed by atoms with Gasteiger partial charge in [-0.25, -0.2) is 0 Å². The fraction of sp³-hybridized carbons (Fsp3) is 0.600. The molecule has 88 valence electrons. The van der Waals surface area contributed by atoms with Gasteiger partial charge in [0.15, 0.2) is 0 Å². The van der Waals surface area contributed by atoms with E-state index in [1.165, 1.54) is 36.8 Å². The molecule has 0 spiro atoms. The van der Waals surface area contributed by atoms with Crippen LogP contribution >= 0.6 is 0 Å². The minimum Gasteiger partial charge on any atom is -0.330 e. The molecule has 16 heavy (non-hydrogen) atoms. The third-order valence-corrected chi connectivity index (χ3v) is 4.04. The van der Waals surface area contributed by atoms with Crippen LogP contribution in [-0.2, 0) is 6.42 Å². The molecule has 1 heteroatoms. The first-order valence-electron chi connectivity index (χ1n) is 6.64. The van der Waals surface area contributed by atoms with Gasteiger partial charge in [0.25, 0.3) is 0 Å². The minimum atomic E-state index is 0.591. The van der Waals surface area contributed by atoms with Crippen molar-refractivity contribution >= 4 is 0 Å². The molecule has 1 fully saturated rings. The molecule has 1 unspecified atom stereocenters. The molecule has 1 saturated carbocycles. The Morgan fingerprint density at radius 3 is 2.31 bits per heavy atom. The van der Waals surface area contributed by atoms with Crippen LogP contribution < -0.4 is 5.73 Å². The molecule has 1 aliphatic carbocycles. The van der Waals surface area contributed by atoms with Crippen molar-refractivity contribution in [1.29, 1.82) is 0 Å². The molecule has 0 bridgehead atoms. The van der Waals surface area contributed by atoms with E-state index < -0.39 is 0 Å². The van der Waals surface area contributed by atoms with Crippen molar-refractivity contribution < 1.29 is 0 Å². The highest BCUT2D eigenvalue weighted by atomic mass is 14.6. The van der Waals surface area contributed by atoms with Crippen molar-refractivity contribution in [3.63, 3.8) is 0 Å². The lowest BCUT2D eigenvalue weighted by Gasteiger charge is -2.22. The number of rotatable bonds is 4. The van der Waals surface area contributed by atoms with Gasteiger partial charge < -0.3 is 5.73 Å². The van der Waals surface area contributed by atoms with Crippen molar-refractivity contribution in [1.82, 2.24) is 0 Å². The molecule has 0 saturated heterocycles. The van der Waals surface area contributed by atoms with Crippen molar-refractivity contribution in [3.05, 3.63) is 35.4 Å². The standard InChI is InChI=1S/C15H23N/c1-2-12-7-9-14(10-8-12)15(11-16)13-5-3-4-6-13/h7-10,13,15H,2-6,11,16H2,1H3. The first-order valence-corrected chi connectivity index (χ1v) is 6.64. The third kappa shape index (κ3) is 2.46. The van der Waals surface area contributed by atoms with E-state index in [9.17, 15) is 0 Å². The Labute approximate surface area is 99.0 Å². The van der Waals surface area contributed by atoms with Crippen LogP contribution in [0.2, 0.25) is 0 Å². The summed E-state index contributed by atoms with van der Waals surface area (Å²) in [5.41, 5.74) is 8.83. The van der Waals surface area contributed by atoms with Gasteiger partial charge in [-0.3, -0.25) is 0 Å². The van der Waals surface area contributed by atoms with Crippen LogP contribution in [0.4, 0.5) is 0 Å². The van der Waals surface area contributed by atoms with E-state index in [4.69, 9.17) is 5.73 Å². The van der Waals surface area contributed by atoms with Gasteiger partial charge >= 0.3 is 0 Å². The summed E-state index contributed by atoms with van der Waals surface area (Å²) in [7, 11) is 0. The average molecular weight is 217 g/mol. The topological polar surface area (TPSA) is 26.0 Å². The van der Waals surface area contributed by atoms with Crippen molar-refractivity contribution in [2.75, 3.05) is 6.54 Å². The number of hydrogen-bond acceptors (Lipinski definition) is 1. The summed E-state index contributed by atoms with van der Waals surface area (Å²) < 4.78 is 0. The fourth-order valence-electron chi connectivity index (χ4n) is 2.96. The third-order valence-electron chi connectivity index (χ3n) is 4.04. The van der Waals surface area contributed by atoms with Gasteiger partial charge in [-0.2, -0.15) is 0 Å². The Bertz CT molecular complexity index is 309. The Hall–Kier alpha value is -0.820. The predicted octanol–water partition coefficient (Wildman–Crippen LogP) is 3.48. The molecule has 0 heterocycles. The molecule has 0 amide bonds. The Balaban J connectivity index is 2.12. The smallest absolute Gasteiger partial charge is 0.000556 e. The molecule has 0 aliphatic heterocycles. The molecule has 1 aromatic rings. The summed E-state index contributed by atoms with van der Waals surface area (Å²) in [6.07, 6.45) is 6.66. The van der Waals surface area contributed by atoms with Gasteiger partial charge in [0.05, 0.1) is 0 Å². The maximum atomic E-state index is 5.96. The number of aryl methyl sites for hydroxylation is 1. The zero-order valence-electron chi connectivity index (χ0n) is 10.3. The lowest BCUT2D eigenvalue weighted by molar-refractivity contribution is 0.440. The largest absolute Gasteiger partial charge is 0.330 e. The second-order valence-corrected chi connectivity index (χ2v) is 4.98. The summed E-state index contributed by atoms with van der Waals surface area (Å²) in [5, 5.41) is 0. The van der Waals surface area contributed by atoms with Gasteiger partial charge in [-0.1, -0.05) is 44.0 Å². The second-order valence-electron chi connectivity index (χ2n) is 4.98. The minimum absolute atomic E-state index is 0.591.